The number of rotatable bonds is 1. The third-order valence-corrected chi connectivity index (χ3v) is 3.48. The summed E-state index contributed by atoms with van der Waals surface area (Å²) in [7, 11) is 0. The molecule has 68 valence electrons. The molecule has 0 spiro atoms. The van der Waals surface area contributed by atoms with Crippen LogP contribution in [0.25, 0.3) is 10.1 Å². The maximum absolute atomic E-state index is 9.06. The minimum absolute atomic E-state index is 0.0215. The zero-order valence-electron chi connectivity index (χ0n) is 6.75. The van der Waals surface area contributed by atoms with Crippen molar-refractivity contribution in [3.05, 3.63) is 28.1 Å². The molecule has 0 amide bonds. The zero-order chi connectivity index (χ0) is 9.42. The summed E-state index contributed by atoms with van der Waals surface area (Å²) < 4.78 is 1.57. The monoisotopic (exact) mass is 213 g/mol. The maximum atomic E-state index is 9.06. The van der Waals surface area contributed by atoms with E-state index in [4.69, 9.17) is 22.4 Å². The van der Waals surface area contributed by atoms with Gasteiger partial charge < -0.3 is 10.8 Å². The highest BCUT2D eigenvalue weighted by atomic mass is 35.5. The number of thiophene rings is 1. The Kier molecular flexibility index (Phi) is 2.15. The second kappa shape index (κ2) is 3.18. The molecule has 0 aliphatic carbocycles. The number of hydrogen-bond donors (Lipinski definition) is 2. The van der Waals surface area contributed by atoms with E-state index in [1.54, 1.807) is 0 Å². The molecule has 0 unspecified atom stereocenters. The smallest absolute Gasteiger partial charge is 0.117 e. The van der Waals surface area contributed by atoms with Crippen molar-refractivity contribution in [2.75, 3.05) is 5.73 Å². The number of fused-ring (bicyclic) bond motifs is 1. The summed E-state index contributed by atoms with van der Waals surface area (Å²) in [5, 5.41) is 9.99. The van der Waals surface area contributed by atoms with E-state index in [1.165, 1.54) is 11.3 Å². The van der Waals surface area contributed by atoms with Crippen LogP contribution in [0.1, 0.15) is 5.56 Å². The molecule has 0 atom stereocenters. The number of benzene rings is 1. The van der Waals surface area contributed by atoms with Crippen molar-refractivity contribution in [1.82, 2.24) is 0 Å². The van der Waals surface area contributed by atoms with E-state index >= 15 is 0 Å². The van der Waals surface area contributed by atoms with Gasteiger partial charge in [-0.15, -0.1) is 11.3 Å². The third kappa shape index (κ3) is 1.29. The van der Waals surface area contributed by atoms with Crippen LogP contribution in [0.3, 0.4) is 0 Å². The maximum Gasteiger partial charge on any atom is 0.117 e. The summed E-state index contributed by atoms with van der Waals surface area (Å²) in [5.74, 6) is 0. The molecule has 0 saturated carbocycles. The fourth-order valence-corrected chi connectivity index (χ4v) is 2.58. The van der Waals surface area contributed by atoms with E-state index in [9.17, 15) is 0 Å². The second-order valence-electron chi connectivity index (χ2n) is 2.74. The van der Waals surface area contributed by atoms with Gasteiger partial charge in [0.05, 0.1) is 12.3 Å². The highest BCUT2D eigenvalue weighted by Crippen LogP contribution is 2.38. The zero-order valence-corrected chi connectivity index (χ0v) is 8.32. The first-order valence-electron chi connectivity index (χ1n) is 3.80. The van der Waals surface area contributed by atoms with Gasteiger partial charge in [-0.25, -0.2) is 0 Å². The molecule has 2 rings (SSSR count). The predicted molar refractivity (Wildman–Crippen MR) is 57.2 cm³/mol. The predicted octanol–water partition coefficient (Wildman–Crippen LogP) is 2.63. The average Bonchev–Trinajstić information content (AvgIpc) is 2.43. The Morgan fingerprint density at radius 1 is 1.46 bits per heavy atom. The Labute approximate surface area is 84.6 Å². The average molecular weight is 214 g/mol. The molecular weight excluding hydrogens is 206 g/mol. The van der Waals surface area contributed by atoms with Crippen molar-refractivity contribution in [1.29, 1.82) is 0 Å². The SMILES string of the molecule is Nc1c(Cl)sc2c(CO)cccc12. The first kappa shape index (κ1) is 8.81. The Morgan fingerprint density at radius 2 is 2.23 bits per heavy atom. The number of nitrogen functional groups attached to an aromatic ring is 1. The highest BCUT2D eigenvalue weighted by molar-refractivity contribution is 7.23. The third-order valence-electron chi connectivity index (χ3n) is 1.96. The van der Waals surface area contributed by atoms with Gasteiger partial charge in [0.25, 0.3) is 0 Å². The summed E-state index contributed by atoms with van der Waals surface area (Å²) in [5.41, 5.74) is 7.24. The molecule has 4 heteroatoms. The molecule has 3 N–H and O–H groups in total. The largest absolute Gasteiger partial charge is 0.396 e. The van der Waals surface area contributed by atoms with E-state index in [0.29, 0.717) is 10.0 Å². The van der Waals surface area contributed by atoms with Gasteiger partial charge in [-0.3, -0.25) is 0 Å². The standard InChI is InChI=1S/C9H8ClNOS/c10-9-7(11)6-3-1-2-5(4-12)8(6)13-9/h1-3,12H,4,11H2. The highest BCUT2D eigenvalue weighted by Gasteiger charge is 2.09. The number of anilines is 1. The van der Waals surface area contributed by atoms with Crippen molar-refractivity contribution in [2.45, 2.75) is 6.61 Å². The Hall–Kier alpha value is -0.770. The molecule has 1 aromatic carbocycles. The fourth-order valence-electron chi connectivity index (χ4n) is 1.29. The number of halogens is 1. The van der Waals surface area contributed by atoms with Gasteiger partial charge in [0, 0.05) is 10.1 Å². The van der Waals surface area contributed by atoms with Crippen molar-refractivity contribution < 1.29 is 5.11 Å². The van der Waals surface area contributed by atoms with E-state index < -0.39 is 0 Å². The summed E-state index contributed by atoms with van der Waals surface area (Å²) in [4.78, 5) is 0. The molecule has 0 saturated heterocycles. The topological polar surface area (TPSA) is 46.2 Å². The van der Waals surface area contributed by atoms with Gasteiger partial charge in [0.1, 0.15) is 4.34 Å². The van der Waals surface area contributed by atoms with Crippen molar-refractivity contribution in [3.8, 4) is 0 Å². The Bertz CT molecular complexity index is 452. The number of nitrogens with two attached hydrogens (primary N) is 1. The molecule has 13 heavy (non-hydrogen) atoms. The van der Waals surface area contributed by atoms with Gasteiger partial charge in [0.15, 0.2) is 0 Å². The lowest BCUT2D eigenvalue weighted by Gasteiger charge is -1.97. The minimum atomic E-state index is 0.0215. The molecule has 2 aromatic rings. The van der Waals surface area contributed by atoms with Crippen molar-refractivity contribution in [2.24, 2.45) is 0 Å². The van der Waals surface area contributed by atoms with Gasteiger partial charge in [0.2, 0.25) is 0 Å². The lowest BCUT2D eigenvalue weighted by molar-refractivity contribution is 0.283. The first-order chi connectivity index (χ1) is 6.24. The van der Waals surface area contributed by atoms with Crippen LogP contribution in [-0.2, 0) is 6.61 Å². The Morgan fingerprint density at radius 3 is 2.92 bits per heavy atom. The van der Waals surface area contributed by atoms with E-state index in [0.717, 1.165) is 15.6 Å². The number of hydrogen-bond acceptors (Lipinski definition) is 3. The Balaban J connectivity index is 2.84. The number of aliphatic hydroxyl groups excluding tert-OH is 1. The minimum Gasteiger partial charge on any atom is -0.396 e. The quantitative estimate of drug-likeness (QED) is 0.765. The molecule has 0 bridgehead atoms. The van der Waals surface area contributed by atoms with Crippen LogP contribution >= 0.6 is 22.9 Å². The first-order valence-corrected chi connectivity index (χ1v) is 4.99. The molecule has 1 heterocycles. The van der Waals surface area contributed by atoms with Crippen LogP contribution < -0.4 is 5.73 Å². The van der Waals surface area contributed by atoms with Crippen LogP contribution in [0, 0.1) is 0 Å². The normalized spacial score (nSPS) is 10.9. The molecule has 0 fully saturated rings. The van der Waals surface area contributed by atoms with Crippen LogP contribution in [0.5, 0.6) is 0 Å². The number of aliphatic hydroxyl groups is 1. The molecule has 0 radical (unpaired) electrons. The van der Waals surface area contributed by atoms with E-state index in [-0.39, 0.29) is 6.61 Å². The van der Waals surface area contributed by atoms with Crippen LogP contribution in [-0.4, -0.2) is 5.11 Å². The molecule has 0 aliphatic rings. The van der Waals surface area contributed by atoms with Gasteiger partial charge in [-0.1, -0.05) is 29.8 Å². The van der Waals surface area contributed by atoms with Gasteiger partial charge in [-0.05, 0) is 5.56 Å². The summed E-state index contributed by atoms with van der Waals surface area (Å²) in [6, 6.07) is 5.65. The lowest BCUT2D eigenvalue weighted by atomic mass is 10.1. The van der Waals surface area contributed by atoms with E-state index in [2.05, 4.69) is 0 Å². The van der Waals surface area contributed by atoms with E-state index in [1.807, 2.05) is 18.2 Å². The lowest BCUT2D eigenvalue weighted by Crippen LogP contribution is -1.84. The molecule has 2 nitrogen and oxygen atoms in total. The van der Waals surface area contributed by atoms with Crippen LogP contribution in [0.15, 0.2) is 18.2 Å². The van der Waals surface area contributed by atoms with Crippen LogP contribution in [0.2, 0.25) is 4.34 Å². The summed E-state index contributed by atoms with van der Waals surface area (Å²) >= 11 is 7.30. The second-order valence-corrected chi connectivity index (χ2v) is 4.36. The van der Waals surface area contributed by atoms with Gasteiger partial charge in [-0.2, -0.15) is 0 Å². The van der Waals surface area contributed by atoms with Crippen molar-refractivity contribution in [3.63, 3.8) is 0 Å². The fraction of sp³-hybridized carbons (Fsp3) is 0.111. The summed E-state index contributed by atoms with van der Waals surface area (Å²) in [6.45, 7) is 0.0215. The molecular formula is C9H8ClNOS. The molecule has 1 aromatic heterocycles. The summed E-state index contributed by atoms with van der Waals surface area (Å²) in [6.07, 6.45) is 0. The van der Waals surface area contributed by atoms with Crippen LogP contribution in [0.4, 0.5) is 5.69 Å². The van der Waals surface area contributed by atoms with Gasteiger partial charge >= 0.3 is 0 Å². The molecule has 0 aliphatic heterocycles. The van der Waals surface area contributed by atoms with Crippen molar-refractivity contribution >= 4 is 38.7 Å².